The van der Waals surface area contributed by atoms with E-state index >= 15 is 0 Å². The Morgan fingerprint density at radius 3 is 2.65 bits per heavy atom. The van der Waals surface area contributed by atoms with E-state index in [4.69, 9.17) is 9.84 Å². The standard InChI is InChI=1S/C15H20N2O5S/c1-22-15(21)11-9-5-2-3-6-10(9)23-14(11)17-13(20)12(19)16-7-4-8-18/h18H,2-8H2,1H3,(H,16,19)(H,17,20). The molecule has 7 nitrogen and oxygen atoms in total. The van der Waals surface area contributed by atoms with Crippen molar-refractivity contribution in [2.24, 2.45) is 0 Å². The Morgan fingerprint density at radius 2 is 1.96 bits per heavy atom. The molecule has 0 atom stereocenters. The van der Waals surface area contributed by atoms with E-state index in [1.54, 1.807) is 0 Å². The zero-order chi connectivity index (χ0) is 16.8. The number of fused-ring (bicyclic) bond motifs is 1. The fourth-order valence-electron chi connectivity index (χ4n) is 2.49. The predicted octanol–water partition coefficient (Wildman–Crippen LogP) is 0.851. The molecule has 0 aliphatic heterocycles. The number of rotatable bonds is 5. The van der Waals surface area contributed by atoms with Crippen molar-refractivity contribution in [1.29, 1.82) is 0 Å². The van der Waals surface area contributed by atoms with Gasteiger partial charge in [0.25, 0.3) is 0 Å². The van der Waals surface area contributed by atoms with Gasteiger partial charge < -0.3 is 20.5 Å². The van der Waals surface area contributed by atoms with Crippen LogP contribution in [0.3, 0.4) is 0 Å². The quantitative estimate of drug-likeness (QED) is 0.419. The van der Waals surface area contributed by atoms with E-state index in [9.17, 15) is 14.4 Å². The van der Waals surface area contributed by atoms with Crippen molar-refractivity contribution in [2.45, 2.75) is 32.1 Å². The van der Waals surface area contributed by atoms with Gasteiger partial charge in [-0.3, -0.25) is 9.59 Å². The Hall–Kier alpha value is -1.93. The number of ether oxygens (including phenoxy) is 1. The van der Waals surface area contributed by atoms with Crippen LogP contribution < -0.4 is 10.6 Å². The lowest BCUT2D eigenvalue weighted by Crippen LogP contribution is -2.36. The van der Waals surface area contributed by atoms with Gasteiger partial charge in [0.2, 0.25) is 0 Å². The van der Waals surface area contributed by atoms with Crippen molar-refractivity contribution in [1.82, 2.24) is 5.32 Å². The summed E-state index contributed by atoms with van der Waals surface area (Å²) in [5.41, 5.74) is 1.28. The maximum atomic E-state index is 12.0. The van der Waals surface area contributed by atoms with Crippen molar-refractivity contribution in [3.63, 3.8) is 0 Å². The van der Waals surface area contributed by atoms with Gasteiger partial charge in [0.1, 0.15) is 5.00 Å². The van der Waals surface area contributed by atoms with Crippen LogP contribution in [0, 0.1) is 0 Å². The van der Waals surface area contributed by atoms with Crippen molar-refractivity contribution in [3.8, 4) is 0 Å². The van der Waals surface area contributed by atoms with Gasteiger partial charge in [-0.05, 0) is 37.7 Å². The smallest absolute Gasteiger partial charge is 0.341 e. The molecule has 2 rings (SSSR count). The first kappa shape index (κ1) is 17.4. The molecule has 1 aromatic heterocycles. The van der Waals surface area contributed by atoms with Gasteiger partial charge in [0.15, 0.2) is 0 Å². The highest BCUT2D eigenvalue weighted by Crippen LogP contribution is 2.38. The topological polar surface area (TPSA) is 105 Å². The molecule has 0 fully saturated rings. The SMILES string of the molecule is COC(=O)c1c(NC(=O)C(=O)NCCCO)sc2c1CCCC2. The second-order valence-electron chi connectivity index (χ2n) is 5.19. The number of esters is 1. The molecule has 2 amide bonds. The van der Waals surface area contributed by atoms with Gasteiger partial charge in [-0.2, -0.15) is 0 Å². The molecular formula is C15H20N2O5S. The van der Waals surface area contributed by atoms with Crippen LogP contribution in [0.1, 0.15) is 40.1 Å². The highest BCUT2D eigenvalue weighted by molar-refractivity contribution is 7.17. The van der Waals surface area contributed by atoms with Crippen molar-refractivity contribution < 1.29 is 24.2 Å². The van der Waals surface area contributed by atoms with Crippen molar-refractivity contribution in [3.05, 3.63) is 16.0 Å². The molecule has 23 heavy (non-hydrogen) atoms. The number of aliphatic hydroxyl groups excluding tert-OH is 1. The number of methoxy groups -OCH3 is 1. The lowest BCUT2D eigenvalue weighted by atomic mass is 9.95. The van der Waals surface area contributed by atoms with Crippen LogP contribution in [0.5, 0.6) is 0 Å². The van der Waals surface area contributed by atoms with Gasteiger partial charge in [-0.25, -0.2) is 4.79 Å². The van der Waals surface area contributed by atoms with Gasteiger partial charge in [0, 0.05) is 18.0 Å². The highest BCUT2D eigenvalue weighted by atomic mass is 32.1. The molecule has 1 aromatic rings. The maximum Gasteiger partial charge on any atom is 0.341 e. The van der Waals surface area contributed by atoms with Crippen molar-refractivity contribution in [2.75, 3.05) is 25.6 Å². The first-order chi connectivity index (χ1) is 11.1. The van der Waals surface area contributed by atoms with Crippen LogP contribution in [0.25, 0.3) is 0 Å². The average Bonchev–Trinajstić information content (AvgIpc) is 2.92. The minimum Gasteiger partial charge on any atom is -0.465 e. The fourth-order valence-corrected chi connectivity index (χ4v) is 3.77. The van der Waals surface area contributed by atoms with E-state index in [-0.39, 0.29) is 13.2 Å². The molecule has 0 spiro atoms. The number of aryl methyl sites for hydroxylation is 1. The largest absolute Gasteiger partial charge is 0.465 e. The maximum absolute atomic E-state index is 12.0. The van der Waals surface area contributed by atoms with Gasteiger partial charge in [-0.1, -0.05) is 0 Å². The highest BCUT2D eigenvalue weighted by Gasteiger charge is 2.27. The number of anilines is 1. The minimum absolute atomic E-state index is 0.0635. The number of aliphatic hydroxyl groups is 1. The first-order valence-electron chi connectivity index (χ1n) is 7.51. The third kappa shape index (κ3) is 4.08. The van der Waals surface area contributed by atoms with E-state index in [2.05, 4.69) is 10.6 Å². The number of carbonyl (C=O) groups excluding carboxylic acids is 3. The number of carbonyl (C=O) groups is 3. The summed E-state index contributed by atoms with van der Waals surface area (Å²) >= 11 is 1.33. The van der Waals surface area contributed by atoms with Crippen LogP contribution >= 0.6 is 11.3 Å². The number of hydrogen-bond donors (Lipinski definition) is 3. The van der Waals surface area contributed by atoms with E-state index in [1.165, 1.54) is 18.4 Å². The Bertz CT molecular complexity index is 611. The molecule has 0 unspecified atom stereocenters. The van der Waals surface area contributed by atoms with Gasteiger partial charge in [0.05, 0.1) is 12.7 Å². The van der Waals surface area contributed by atoms with Crippen LogP contribution in [0.15, 0.2) is 0 Å². The Balaban J connectivity index is 2.15. The molecular weight excluding hydrogens is 320 g/mol. The van der Waals surface area contributed by atoms with E-state index in [0.717, 1.165) is 36.1 Å². The zero-order valence-electron chi connectivity index (χ0n) is 12.9. The van der Waals surface area contributed by atoms with Crippen LogP contribution in [0.2, 0.25) is 0 Å². The summed E-state index contributed by atoms with van der Waals surface area (Å²) in [5.74, 6) is -2.12. The molecule has 0 radical (unpaired) electrons. The average molecular weight is 340 g/mol. The molecule has 1 heterocycles. The number of hydrogen-bond acceptors (Lipinski definition) is 6. The Morgan fingerprint density at radius 1 is 1.22 bits per heavy atom. The normalized spacial score (nSPS) is 13.1. The number of amides is 2. The van der Waals surface area contributed by atoms with E-state index in [1.807, 2.05) is 0 Å². The summed E-state index contributed by atoms with van der Waals surface area (Å²) in [7, 11) is 1.29. The summed E-state index contributed by atoms with van der Waals surface area (Å²) in [6, 6.07) is 0. The summed E-state index contributed by atoms with van der Waals surface area (Å²) in [6.45, 7) is 0.152. The van der Waals surface area contributed by atoms with Crippen LogP contribution in [-0.4, -0.2) is 43.2 Å². The number of thiophene rings is 1. The number of nitrogens with one attached hydrogen (secondary N) is 2. The van der Waals surface area contributed by atoms with Crippen molar-refractivity contribution >= 4 is 34.1 Å². The second kappa shape index (κ2) is 8.07. The van der Waals surface area contributed by atoms with E-state index < -0.39 is 17.8 Å². The Labute approximate surface area is 138 Å². The summed E-state index contributed by atoms with van der Waals surface area (Å²) in [4.78, 5) is 36.7. The molecule has 0 saturated heterocycles. The lowest BCUT2D eigenvalue weighted by Gasteiger charge is -2.11. The summed E-state index contributed by atoms with van der Waals surface area (Å²) in [6.07, 6.45) is 4.04. The Kier molecular flexibility index (Phi) is 6.12. The third-order valence-corrected chi connectivity index (χ3v) is 4.82. The van der Waals surface area contributed by atoms with Crippen LogP contribution in [-0.2, 0) is 27.2 Å². The minimum atomic E-state index is -0.827. The molecule has 0 bridgehead atoms. The monoisotopic (exact) mass is 340 g/mol. The third-order valence-electron chi connectivity index (χ3n) is 3.61. The molecule has 126 valence electrons. The lowest BCUT2D eigenvalue weighted by molar-refractivity contribution is -0.136. The predicted molar refractivity (Wildman–Crippen MR) is 85.6 cm³/mol. The molecule has 1 aliphatic rings. The fraction of sp³-hybridized carbons (Fsp3) is 0.533. The van der Waals surface area contributed by atoms with Crippen LogP contribution in [0.4, 0.5) is 5.00 Å². The molecule has 1 aliphatic carbocycles. The molecule has 0 saturated carbocycles. The second-order valence-corrected chi connectivity index (χ2v) is 6.30. The zero-order valence-corrected chi connectivity index (χ0v) is 13.8. The summed E-state index contributed by atoms with van der Waals surface area (Å²) < 4.78 is 4.81. The molecule has 3 N–H and O–H groups in total. The van der Waals surface area contributed by atoms with Gasteiger partial charge >= 0.3 is 17.8 Å². The molecule has 0 aromatic carbocycles. The summed E-state index contributed by atoms with van der Waals surface area (Å²) in [5, 5.41) is 14.0. The first-order valence-corrected chi connectivity index (χ1v) is 8.33. The van der Waals surface area contributed by atoms with Gasteiger partial charge in [-0.15, -0.1) is 11.3 Å². The van der Waals surface area contributed by atoms with E-state index in [0.29, 0.717) is 17.0 Å². The molecule has 8 heteroatoms.